The predicted octanol–water partition coefficient (Wildman–Crippen LogP) is 1.13. The minimum absolute atomic E-state index is 0.0762. The summed E-state index contributed by atoms with van der Waals surface area (Å²) < 4.78 is 23.7. The summed E-state index contributed by atoms with van der Waals surface area (Å²) in [6.07, 6.45) is 1.73. The molecule has 1 heterocycles. The number of sulfonamides is 1. The Morgan fingerprint density at radius 1 is 1.31 bits per heavy atom. The van der Waals surface area contributed by atoms with Crippen LogP contribution < -0.4 is 0 Å². The number of Topliss-reactive ketones (excluding diaryl/α,β-unsaturated/α-hetero) is 1. The minimum Gasteiger partial charge on any atom is -0.299 e. The summed E-state index contributed by atoms with van der Waals surface area (Å²) in [7, 11) is -3.05. The standard InChI is InChI=1S/C11H21NO3S/c1-8(2)9(3)11(13)5-10-6-12(7-10)16(4,14)15/h8-10H,5-7H2,1-4H3/t9-/m1/s1. The van der Waals surface area contributed by atoms with Crippen molar-refractivity contribution < 1.29 is 13.2 Å². The third-order valence-corrected chi connectivity index (χ3v) is 4.63. The summed E-state index contributed by atoms with van der Waals surface area (Å²) in [4.78, 5) is 11.8. The molecule has 16 heavy (non-hydrogen) atoms. The lowest BCUT2D eigenvalue weighted by Crippen LogP contribution is -2.50. The van der Waals surface area contributed by atoms with Crippen LogP contribution in [0.3, 0.4) is 0 Å². The average Bonchev–Trinajstić information content (AvgIpc) is 2.06. The van der Waals surface area contributed by atoms with Gasteiger partial charge in [-0.1, -0.05) is 20.8 Å². The molecule has 1 aliphatic heterocycles. The van der Waals surface area contributed by atoms with Gasteiger partial charge >= 0.3 is 0 Å². The Morgan fingerprint density at radius 2 is 1.81 bits per heavy atom. The van der Waals surface area contributed by atoms with E-state index in [1.54, 1.807) is 0 Å². The second-order valence-corrected chi connectivity index (χ2v) is 7.13. The van der Waals surface area contributed by atoms with E-state index in [4.69, 9.17) is 0 Å². The number of hydrogen-bond donors (Lipinski definition) is 0. The first-order valence-corrected chi connectivity index (χ1v) is 7.54. The molecule has 0 bridgehead atoms. The van der Waals surface area contributed by atoms with E-state index in [0.29, 0.717) is 25.4 Å². The molecule has 0 saturated carbocycles. The van der Waals surface area contributed by atoms with Gasteiger partial charge in [0.2, 0.25) is 10.0 Å². The zero-order valence-corrected chi connectivity index (χ0v) is 11.3. The molecule has 1 fully saturated rings. The van der Waals surface area contributed by atoms with Gasteiger partial charge in [-0.2, -0.15) is 0 Å². The molecule has 0 unspecified atom stereocenters. The van der Waals surface area contributed by atoms with Crippen LogP contribution in [-0.2, 0) is 14.8 Å². The highest BCUT2D eigenvalue weighted by Gasteiger charge is 2.35. The molecule has 0 amide bonds. The lowest BCUT2D eigenvalue weighted by atomic mass is 9.86. The maximum Gasteiger partial charge on any atom is 0.211 e. The van der Waals surface area contributed by atoms with Crippen molar-refractivity contribution in [3.8, 4) is 0 Å². The number of ketones is 1. The van der Waals surface area contributed by atoms with Crippen LogP contribution in [0, 0.1) is 17.8 Å². The highest BCUT2D eigenvalue weighted by molar-refractivity contribution is 7.88. The number of carbonyl (C=O) groups excluding carboxylic acids is 1. The maximum absolute atomic E-state index is 11.8. The fourth-order valence-electron chi connectivity index (χ4n) is 1.76. The summed E-state index contributed by atoms with van der Waals surface area (Å²) >= 11 is 0. The van der Waals surface area contributed by atoms with E-state index in [1.807, 2.05) is 20.8 Å². The van der Waals surface area contributed by atoms with Gasteiger partial charge in [-0.3, -0.25) is 4.79 Å². The number of carbonyl (C=O) groups is 1. The second-order valence-electron chi connectivity index (χ2n) is 5.15. The zero-order chi connectivity index (χ0) is 12.5. The van der Waals surface area contributed by atoms with Gasteiger partial charge in [-0.15, -0.1) is 0 Å². The number of hydrogen-bond acceptors (Lipinski definition) is 3. The van der Waals surface area contributed by atoms with Crippen molar-refractivity contribution in [2.24, 2.45) is 17.8 Å². The van der Waals surface area contributed by atoms with Crippen molar-refractivity contribution >= 4 is 15.8 Å². The quantitative estimate of drug-likeness (QED) is 0.732. The van der Waals surface area contributed by atoms with Crippen LogP contribution >= 0.6 is 0 Å². The molecule has 0 radical (unpaired) electrons. The van der Waals surface area contributed by atoms with Gasteiger partial charge in [-0.05, 0) is 11.8 Å². The summed E-state index contributed by atoms with van der Waals surface area (Å²) in [6, 6.07) is 0. The topological polar surface area (TPSA) is 54.5 Å². The van der Waals surface area contributed by atoms with Gasteiger partial charge in [0.1, 0.15) is 5.78 Å². The summed E-state index contributed by atoms with van der Waals surface area (Å²) in [5.74, 6) is 0.919. The Morgan fingerprint density at radius 3 is 2.19 bits per heavy atom. The molecule has 5 heteroatoms. The van der Waals surface area contributed by atoms with Crippen LogP contribution in [0.2, 0.25) is 0 Å². The fraction of sp³-hybridized carbons (Fsp3) is 0.909. The molecule has 1 aliphatic rings. The second kappa shape index (κ2) is 4.84. The molecule has 0 aromatic heterocycles. The first-order chi connectivity index (χ1) is 7.21. The van der Waals surface area contributed by atoms with E-state index in [-0.39, 0.29) is 17.6 Å². The smallest absolute Gasteiger partial charge is 0.211 e. The van der Waals surface area contributed by atoms with Crippen molar-refractivity contribution in [3.05, 3.63) is 0 Å². The Kier molecular flexibility index (Phi) is 4.12. The van der Waals surface area contributed by atoms with Crippen LogP contribution in [0.25, 0.3) is 0 Å². The van der Waals surface area contributed by atoms with Gasteiger partial charge in [0, 0.05) is 25.4 Å². The van der Waals surface area contributed by atoms with Crippen molar-refractivity contribution in [1.29, 1.82) is 0 Å². The van der Waals surface area contributed by atoms with E-state index in [0.717, 1.165) is 0 Å². The van der Waals surface area contributed by atoms with Crippen molar-refractivity contribution in [2.45, 2.75) is 27.2 Å². The highest BCUT2D eigenvalue weighted by atomic mass is 32.2. The number of rotatable bonds is 5. The highest BCUT2D eigenvalue weighted by Crippen LogP contribution is 2.24. The van der Waals surface area contributed by atoms with Crippen LogP contribution in [0.1, 0.15) is 27.2 Å². The molecule has 1 rings (SSSR count). The van der Waals surface area contributed by atoms with Crippen LogP contribution in [0.4, 0.5) is 0 Å². The molecular formula is C11H21NO3S. The third kappa shape index (κ3) is 3.28. The molecule has 4 nitrogen and oxygen atoms in total. The van der Waals surface area contributed by atoms with E-state index >= 15 is 0 Å². The van der Waals surface area contributed by atoms with Gasteiger partial charge in [0.05, 0.1) is 6.26 Å². The van der Waals surface area contributed by atoms with Crippen LogP contribution in [-0.4, -0.2) is 37.9 Å². The van der Waals surface area contributed by atoms with Crippen molar-refractivity contribution in [1.82, 2.24) is 4.31 Å². The molecule has 0 spiro atoms. The summed E-state index contributed by atoms with van der Waals surface area (Å²) in [5.41, 5.74) is 0. The molecule has 1 saturated heterocycles. The molecule has 0 N–H and O–H groups in total. The molecule has 0 aliphatic carbocycles. The van der Waals surface area contributed by atoms with E-state index in [9.17, 15) is 13.2 Å². The third-order valence-electron chi connectivity index (χ3n) is 3.39. The molecule has 94 valence electrons. The zero-order valence-electron chi connectivity index (χ0n) is 10.4. The average molecular weight is 247 g/mol. The van der Waals surface area contributed by atoms with Gasteiger partial charge < -0.3 is 0 Å². The van der Waals surface area contributed by atoms with Crippen LogP contribution in [0.5, 0.6) is 0 Å². The molecule has 0 aromatic carbocycles. The Hall–Kier alpha value is -0.420. The molecule has 1 atom stereocenters. The Labute approximate surface area is 98.1 Å². The Balaban J connectivity index is 2.36. The first kappa shape index (κ1) is 13.6. The minimum atomic E-state index is -3.05. The summed E-state index contributed by atoms with van der Waals surface area (Å²) in [5, 5.41) is 0. The lowest BCUT2D eigenvalue weighted by molar-refractivity contribution is -0.125. The predicted molar refractivity (Wildman–Crippen MR) is 63.5 cm³/mol. The normalized spacial score (nSPS) is 20.8. The maximum atomic E-state index is 11.8. The fourth-order valence-corrected chi connectivity index (χ4v) is 2.73. The first-order valence-electron chi connectivity index (χ1n) is 5.69. The van der Waals surface area contributed by atoms with E-state index < -0.39 is 10.0 Å². The monoisotopic (exact) mass is 247 g/mol. The molecule has 0 aromatic rings. The van der Waals surface area contributed by atoms with Crippen LogP contribution in [0.15, 0.2) is 0 Å². The molecular weight excluding hydrogens is 226 g/mol. The van der Waals surface area contributed by atoms with Gasteiger partial charge in [0.25, 0.3) is 0 Å². The van der Waals surface area contributed by atoms with Crippen molar-refractivity contribution in [2.75, 3.05) is 19.3 Å². The lowest BCUT2D eigenvalue weighted by Gasteiger charge is -2.37. The Bertz CT molecular complexity index is 355. The summed E-state index contributed by atoms with van der Waals surface area (Å²) in [6.45, 7) is 7.03. The largest absolute Gasteiger partial charge is 0.299 e. The number of nitrogens with zero attached hydrogens (tertiary/aromatic N) is 1. The van der Waals surface area contributed by atoms with E-state index in [1.165, 1.54) is 10.6 Å². The van der Waals surface area contributed by atoms with Gasteiger partial charge in [0.15, 0.2) is 0 Å². The van der Waals surface area contributed by atoms with Gasteiger partial charge in [-0.25, -0.2) is 12.7 Å². The van der Waals surface area contributed by atoms with Crippen molar-refractivity contribution in [3.63, 3.8) is 0 Å². The van der Waals surface area contributed by atoms with E-state index in [2.05, 4.69) is 0 Å². The SMILES string of the molecule is CC(C)[C@@H](C)C(=O)CC1CN(S(C)(=O)=O)C1.